The van der Waals surface area contributed by atoms with Crippen molar-refractivity contribution < 1.29 is 53.1 Å². The Hall–Kier alpha value is -2.65. The van der Waals surface area contributed by atoms with Gasteiger partial charge in [-0.15, -0.1) is 0 Å². The number of furan rings is 1. The van der Waals surface area contributed by atoms with E-state index in [0.29, 0.717) is 55.4 Å². The van der Waals surface area contributed by atoms with Crippen molar-refractivity contribution in [1.29, 1.82) is 0 Å². The van der Waals surface area contributed by atoms with Gasteiger partial charge in [0.1, 0.15) is 30.2 Å². The molecule has 5 N–H and O–H groups in total. The number of nitrogens with one attached hydrogen (secondary N) is 2. The molecule has 13 nitrogen and oxygen atoms in total. The van der Waals surface area contributed by atoms with Crippen molar-refractivity contribution in [3.8, 4) is 0 Å². The number of esters is 2. The van der Waals surface area contributed by atoms with Gasteiger partial charge in [0.15, 0.2) is 11.9 Å². The lowest BCUT2D eigenvalue weighted by molar-refractivity contribution is -0.264. The Morgan fingerprint density at radius 1 is 0.982 bits per heavy atom. The largest absolute Gasteiger partial charge is 0.469 e. The van der Waals surface area contributed by atoms with Gasteiger partial charge in [-0.3, -0.25) is 14.9 Å². The average molecular weight is 779 g/mol. The van der Waals surface area contributed by atoms with Crippen LogP contribution in [0, 0.1) is 51.2 Å². The molecule has 3 saturated carbocycles. The highest BCUT2D eigenvalue weighted by atomic mass is 16.7. The zero-order valence-electron chi connectivity index (χ0n) is 33.0. The Kier molecular flexibility index (Phi) is 8.35. The van der Waals surface area contributed by atoms with E-state index in [0.717, 1.165) is 38.9 Å². The van der Waals surface area contributed by atoms with Crippen LogP contribution in [0.2, 0.25) is 0 Å². The number of Topliss-reactive ketones (excluding diaryl/α,β-unsaturated/α-hetero) is 1. The average Bonchev–Trinajstić information content (AvgIpc) is 3.66. The van der Waals surface area contributed by atoms with Crippen molar-refractivity contribution in [2.45, 2.75) is 133 Å². The number of carbonyl (C=O) groups is 3. The summed E-state index contributed by atoms with van der Waals surface area (Å²) >= 11 is 0. The van der Waals surface area contributed by atoms with Crippen LogP contribution in [0.5, 0.6) is 0 Å². The minimum atomic E-state index is -1.47. The number of carbonyl (C=O) groups excluding carboxylic acids is 3. The van der Waals surface area contributed by atoms with Gasteiger partial charge >= 0.3 is 11.9 Å². The molecule has 15 atom stereocenters. The van der Waals surface area contributed by atoms with Gasteiger partial charge in [-0.05, 0) is 76.2 Å². The maximum Gasteiger partial charge on any atom is 0.339 e. The predicted molar refractivity (Wildman–Crippen MR) is 197 cm³/mol. The molecule has 5 aliphatic heterocycles. The molecule has 4 aliphatic carbocycles. The van der Waals surface area contributed by atoms with Gasteiger partial charge in [0.05, 0.1) is 42.0 Å². The standard InChI is InChI=1S/C43H58N2O11/c1-38(2)31-30(48)32(49)40(4)29(42(31)20-53-37(51)41(36(42)56-38)13-5-6-14-41)11-15-39(3)33(54-35(50)34-43(39,40)55-34)24-12-16-52-28(24)17-25(27(47)19-46)22-7-9-23(10-8-22)26-18-44-21-45-26/h7,9,12,16,22-23,25-27,29,31-34,36,44-47,49H,5-6,8,10-11,13-15,17-21H2,1-4H3/t22-,23-,25-,26-,27+,29-,31+,32+,33-,34+,36-,39-,40-,42+,43+/m0/s1. The van der Waals surface area contributed by atoms with Crippen LogP contribution in [0.3, 0.4) is 0 Å². The molecule has 9 aliphatic rings. The van der Waals surface area contributed by atoms with E-state index in [1.807, 2.05) is 33.8 Å². The van der Waals surface area contributed by atoms with E-state index < -0.39 is 81.9 Å². The molecule has 5 saturated heterocycles. The van der Waals surface area contributed by atoms with E-state index in [9.17, 15) is 29.7 Å². The van der Waals surface area contributed by atoms with Gasteiger partial charge in [0, 0.05) is 53.4 Å². The number of fused-ring (bicyclic) bond motifs is 2. The van der Waals surface area contributed by atoms with Gasteiger partial charge in [0.25, 0.3) is 0 Å². The Morgan fingerprint density at radius 3 is 2.46 bits per heavy atom. The fourth-order valence-electron chi connectivity index (χ4n) is 14.8. The summed E-state index contributed by atoms with van der Waals surface area (Å²) in [6.07, 6.45) is 7.30. The van der Waals surface area contributed by atoms with Gasteiger partial charge in [0.2, 0.25) is 0 Å². The van der Waals surface area contributed by atoms with Gasteiger partial charge in [-0.1, -0.05) is 38.8 Å². The summed E-state index contributed by atoms with van der Waals surface area (Å²) in [7, 11) is 0. The maximum absolute atomic E-state index is 14.9. The van der Waals surface area contributed by atoms with Crippen molar-refractivity contribution in [2.24, 2.45) is 51.2 Å². The molecular weight excluding hydrogens is 720 g/mol. The number of aliphatic hydroxyl groups is 3. The van der Waals surface area contributed by atoms with Crippen LogP contribution < -0.4 is 10.6 Å². The maximum atomic E-state index is 14.9. The number of hydrogen-bond donors (Lipinski definition) is 5. The van der Waals surface area contributed by atoms with Crippen LogP contribution in [0.15, 0.2) is 28.9 Å². The second-order valence-electron chi connectivity index (χ2n) is 19.9. The van der Waals surface area contributed by atoms with E-state index >= 15 is 0 Å². The normalized spacial score (nSPS) is 47.9. The number of cyclic esters (lactones) is 2. The smallest absolute Gasteiger partial charge is 0.339 e. The van der Waals surface area contributed by atoms with E-state index in [1.54, 1.807) is 6.26 Å². The van der Waals surface area contributed by atoms with Crippen molar-refractivity contribution in [3.63, 3.8) is 0 Å². The van der Waals surface area contributed by atoms with Crippen LogP contribution >= 0.6 is 0 Å². The summed E-state index contributed by atoms with van der Waals surface area (Å²) in [6, 6.07) is 2.19. The molecule has 8 fully saturated rings. The first-order valence-corrected chi connectivity index (χ1v) is 21.1. The van der Waals surface area contributed by atoms with Crippen molar-refractivity contribution in [1.82, 2.24) is 10.6 Å². The summed E-state index contributed by atoms with van der Waals surface area (Å²) in [4.78, 5) is 42.9. The van der Waals surface area contributed by atoms with E-state index in [-0.39, 0.29) is 36.1 Å². The molecule has 0 radical (unpaired) electrons. The fraction of sp³-hybridized carbons (Fsp3) is 0.791. The fourth-order valence-corrected chi connectivity index (χ4v) is 14.8. The summed E-state index contributed by atoms with van der Waals surface area (Å²) in [5.41, 5.74) is -5.50. The molecule has 6 heterocycles. The molecule has 1 aromatic rings. The second kappa shape index (κ2) is 12.4. The van der Waals surface area contributed by atoms with Crippen LogP contribution in [-0.4, -0.2) is 101 Å². The molecule has 1 aromatic heterocycles. The SMILES string of the molecule is CC1(C)O[C@H]2C3(CCCC3)C(=O)OC[C@@]23[C@@H]1C(=O)[C@@H](O)[C@]1(C)[C@@H]3CC[C@@]2(C)[C@H](c3ccoc3C[C@H]([C@H](O)CO)[C@H]3C=C[C@H]([C@@H]4CNCN4)CC3)OC(=O)[C@H]3O[C@@]312. The third-order valence-corrected chi connectivity index (χ3v) is 17.3. The van der Waals surface area contributed by atoms with Crippen LogP contribution in [0.4, 0.5) is 0 Å². The van der Waals surface area contributed by atoms with E-state index in [4.69, 9.17) is 23.4 Å². The number of ketones is 1. The van der Waals surface area contributed by atoms with Crippen LogP contribution in [-0.2, 0) is 39.8 Å². The lowest BCUT2D eigenvalue weighted by atomic mass is 9.35. The third kappa shape index (κ3) is 4.54. The Balaban J connectivity index is 1.02. The molecule has 0 amide bonds. The summed E-state index contributed by atoms with van der Waals surface area (Å²) in [5.74, 6) is -1.66. The topological polar surface area (TPSA) is 189 Å². The van der Waals surface area contributed by atoms with Gasteiger partial charge in [-0.25, -0.2) is 4.79 Å². The summed E-state index contributed by atoms with van der Waals surface area (Å²) in [6.45, 7) is 9.10. The van der Waals surface area contributed by atoms with Crippen LogP contribution in [0.25, 0.3) is 0 Å². The predicted octanol–water partition coefficient (Wildman–Crippen LogP) is 2.89. The van der Waals surface area contributed by atoms with Crippen molar-refractivity contribution in [2.75, 3.05) is 26.4 Å². The zero-order valence-corrected chi connectivity index (χ0v) is 33.0. The van der Waals surface area contributed by atoms with Gasteiger partial charge in [-0.2, -0.15) is 0 Å². The number of epoxide rings is 1. The quantitative estimate of drug-likeness (QED) is 0.155. The Bertz CT molecular complexity index is 1830. The molecule has 13 heteroatoms. The number of allylic oxidation sites excluding steroid dienone is 1. The lowest BCUT2D eigenvalue weighted by Gasteiger charge is -2.67. The number of ether oxygens (including phenoxy) is 4. The monoisotopic (exact) mass is 778 g/mol. The Labute approximate surface area is 327 Å². The molecule has 0 aromatic carbocycles. The van der Waals surface area contributed by atoms with E-state index in [1.165, 1.54) is 0 Å². The summed E-state index contributed by atoms with van der Waals surface area (Å²) in [5, 5.41) is 40.9. The highest BCUT2D eigenvalue weighted by Gasteiger charge is 2.91. The van der Waals surface area contributed by atoms with Crippen LogP contribution in [0.1, 0.15) is 96.5 Å². The lowest BCUT2D eigenvalue weighted by Crippen LogP contribution is -2.77. The molecule has 0 unspecified atom stereocenters. The molecule has 306 valence electrons. The highest BCUT2D eigenvalue weighted by Crippen LogP contribution is 2.81. The zero-order chi connectivity index (χ0) is 39.2. The molecule has 56 heavy (non-hydrogen) atoms. The molecule has 0 bridgehead atoms. The first kappa shape index (κ1) is 37.6. The first-order valence-electron chi connectivity index (χ1n) is 21.1. The summed E-state index contributed by atoms with van der Waals surface area (Å²) < 4.78 is 32.4. The first-order chi connectivity index (χ1) is 26.7. The molecule has 3 spiro atoms. The molecule has 10 rings (SSSR count). The number of aliphatic hydroxyl groups excluding tert-OH is 3. The number of hydrogen-bond acceptors (Lipinski definition) is 13. The molecular formula is C43H58N2O11. The van der Waals surface area contributed by atoms with Gasteiger partial charge < -0.3 is 44.0 Å². The minimum absolute atomic E-state index is 0.00350. The second-order valence-corrected chi connectivity index (χ2v) is 19.9. The van der Waals surface area contributed by atoms with Crippen molar-refractivity contribution in [3.05, 3.63) is 35.8 Å². The minimum Gasteiger partial charge on any atom is -0.469 e. The van der Waals surface area contributed by atoms with E-state index in [2.05, 4.69) is 22.8 Å². The Morgan fingerprint density at radius 2 is 1.77 bits per heavy atom. The number of rotatable bonds is 7. The third-order valence-electron chi connectivity index (χ3n) is 17.3. The van der Waals surface area contributed by atoms with Crippen molar-refractivity contribution >= 4 is 17.7 Å². The highest BCUT2D eigenvalue weighted by molar-refractivity contribution is 5.92.